The molecule has 0 radical (unpaired) electrons. The Balaban J connectivity index is 1.68. The van der Waals surface area contributed by atoms with Gasteiger partial charge in [0, 0.05) is 6.54 Å². The van der Waals surface area contributed by atoms with E-state index in [9.17, 15) is 0 Å². The molecule has 98 valence electrons. The van der Waals surface area contributed by atoms with E-state index in [0.29, 0.717) is 6.61 Å². The van der Waals surface area contributed by atoms with Crippen molar-refractivity contribution in [2.45, 2.75) is 26.5 Å². The van der Waals surface area contributed by atoms with Crippen molar-refractivity contribution in [1.82, 2.24) is 5.32 Å². The van der Waals surface area contributed by atoms with Crippen molar-refractivity contribution in [2.75, 3.05) is 6.54 Å². The molecule has 1 aliphatic rings. The smallest absolute Gasteiger partial charge is 0.119 e. The van der Waals surface area contributed by atoms with Crippen LogP contribution in [0.2, 0.25) is 0 Å². The van der Waals surface area contributed by atoms with Gasteiger partial charge in [0.1, 0.15) is 12.4 Å². The number of ether oxygens (including phenoxy) is 1. The van der Waals surface area contributed by atoms with E-state index in [-0.39, 0.29) is 0 Å². The Morgan fingerprint density at radius 2 is 1.89 bits per heavy atom. The Labute approximate surface area is 114 Å². The van der Waals surface area contributed by atoms with Crippen LogP contribution in [0.5, 0.6) is 5.75 Å². The van der Waals surface area contributed by atoms with Crippen LogP contribution in [0.3, 0.4) is 0 Å². The highest BCUT2D eigenvalue weighted by molar-refractivity contribution is 5.34. The number of hydrogen-bond acceptors (Lipinski definition) is 2. The molecule has 0 aliphatic carbocycles. The van der Waals surface area contributed by atoms with Crippen LogP contribution in [0, 0.1) is 6.92 Å². The van der Waals surface area contributed by atoms with E-state index in [1.54, 1.807) is 0 Å². The molecule has 0 unspecified atom stereocenters. The van der Waals surface area contributed by atoms with E-state index in [4.69, 9.17) is 4.74 Å². The topological polar surface area (TPSA) is 21.3 Å². The molecule has 0 saturated carbocycles. The van der Waals surface area contributed by atoms with Crippen LogP contribution in [0.25, 0.3) is 0 Å². The Morgan fingerprint density at radius 3 is 2.74 bits per heavy atom. The average Bonchev–Trinajstić information content (AvgIpc) is 2.46. The third kappa shape index (κ3) is 2.96. The lowest BCUT2D eigenvalue weighted by Gasteiger charge is -2.18. The first-order valence-corrected chi connectivity index (χ1v) is 6.82. The second kappa shape index (κ2) is 5.45. The molecule has 2 heteroatoms. The molecule has 2 aromatic carbocycles. The first-order valence-electron chi connectivity index (χ1n) is 6.82. The normalized spacial score (nSPS) is 13.9. The minimum absolute atomic E-state index is 0.643. The predicted molar refractivity (Wildman–Crippen MR) is 77.4 cm³/mol. The minimum atomic E-state index is 0.643. The van der Waals surface area contributed by atoms with Crippen LogP contribution >= 0.6 is 0 Å². The number of nitrogens with one attached hydrogen (secondary N) is 1. The molecule has 3 rings (SSSR count). The number of fused-ring (bicyclic) bond motifs is 1. The van der Waals surface area contributed by atoms with Crippen molar-refractivity contribution in [3.05, 3.63) is 64.7 Å². The predicted octanol–water partition coefficient (Wildman–Crippen LogP) is 3.22. The fourth-order valence-electron chi connectivity index (χ4n) is 2.42. The molecule has 0 atom stereocenters. The van der Waals surface area contributed by atoms with Gasteiger partial charge in [0.2, 0.25) is 0 Å². The van der Waals surface area contributed by atoms with Gasteiger partial charge in [-0.1, -0.05) is 35.9 Å². The molecule has 1 aliphatic heterocycles. The van der Waals surface area contributed by atoms with Crippen molar-refractivity contribution < 1.29 is 4.74 Å². The van der Waals surface area contributed by atoms with Crippen LogP contribution < -0.4 is 10.1 Å². The highest BCUT2D eigenvalue weighted by Gasteiger charge is 2.08. The second-order valence-electron chi connectivity index (χ2n) is 5.13. The van der Waals surface area contributed by atoms with E-state index < -0.39 is 0 Å². The summed E-state index contributed by atoms with van der Waals surface area (Å²) in [6.45, 7) is 4.80. The molecule has 19 heavy (non-hydrogen) atoms. The van der Waals surface area contributed by atoms with Crippen LogP contribution in [0.15, 0.2) is 42.5 Å². The van der Waals surface area contributed by atoms with E-state index in [0.717, 1.165) is 25.3 Å². The summed E-state index contributed by atoms with van der Waals surface area (Å²) >= 11 is 0. The Hall–Kier alpha value is -1.80. The second-order valence-corrected chi connectivity index (χ2v) is 5.13. The summed E-state index contributed by atoms with van der Waals surface area (Å²) in [6.07, 6.45) is 1.12. The van der Waals surface area contributed by atoms with Crippen LogP contribution in [0.4, 0.5) is 0 Å². The van der Waals surface area contributed by atoms with Gasteiger partial charge in [-0.05, 0) is 48.7 Å². The van der Waals surface area contributed by atoms with Crippen molar-refractivity contribution in [2.24, 2.45) is 0 Å². The lowest BCUT2D eigenvalue weighted by molar-refractivity contribution is 0.306. The molecule has 0 fully saturated rings. The SMILES string of the molecule is Cc1ccc(OCc2ccc3c(c2)CCNC3)cc1. The third-order valence-electron chi connectivity index (χ3n) is 3.58. The summed E-state index contributed by atoms with van der Waals surface area (Å²) < 4.78 is 5.82. The van der Waals surface area contributed by atoms with Crippen LogP contribution in [-0.2, 0) is 19.6 Å². The van der Waals surface area contributed by atoms with Crippen molar-refractivity contribution in [1.29, 1.82) is 0 Å². The highest BCUT2D eigenvalue weighted by atomic mass is 16.5. The van der Waals surface area contributed by atoms with E-state index >= 15 is 0 Å². The number of rotatable bonds is 3. The fraction of sp³-hybridized carbons (Fsp3) is 0.294. The van der Waals surface area contributed by atoms with Gasteiger partial charge >= 0.3 is 0 Å². The van der Waals surface area contributed by atoms with Crippen molar-refractivity contribution in [3.8, 4) is 5.75 Å². The first kappa shape index (κ1) is 12.2. The Morgan fingerprint density at radius 1 is 1.05 bits per heavy atom. The van der Waals surface area contributed by atoms with Gasteiger partial charge in [-0.15, -0.1) is 0 Å². The third-order valence-corrected chi connectivity index (χ3v) is 3.58. The molecule has 0 spiro atoms. The molecule has 0 aromatic heterocycles. The Bertz CT molecular complexity index is 560. The van der Waals surface area contributed by atoms with E-state index in [1.165, 1.54) is 22.3 Å². The fourth-order valence-corrected chi connectivity index (χ4v) is 2.42. The standard InChI is InChI=1S/C17H19NO/c1-13-2-6-17(7-3-13)19-12-14-4-5-16-11-18-9-8-15(16)10-14/h2-7,10,18H,8-9,11-12H2,1H3. The van der Waals surface area contributed by atoms with Gasteiger partial charge in [0.05, 0.1) is 0 Å². The lowest BCUT2D eigenvalue weighted by atomic mass is 9.99. The van der Waals surface area contributed by atoms with E-state index in [2.05, 4.69) is 42.6 Å². The van der Waals surface area contributed by atoms with Gasteiger partial charge in [0.25, 0.3) is 0 Å². The first-order chi connectivity index (χ1) is 9.31. The van der Waals surface area contributed by atoms with Crippen LogP contribution in [0.1, 0.15) is 22.3 Å². The molecule has 1 heterocycles. The van der Waals surface area contributed by atoms with Gasteiger partial charge in [-0.25, -0.2) is 0 Å². The zero-order chi connectivity index (χ0) is 13.1. The molecule has 2 aromatic rings. The maximum atomic E-state index is 5.82. The number of hydrogen-bond donors (Lipinski definition) is 1. The highest BCUT2D eigenvalue weighted by Crippen LogP contribution is 2.18. The van der Waals surface area contributed by atoms with Gasteiger partial charge in [-0.3, -0.25) is 0 Å². The molecule has 0 amide bonds. The van der Waals surface area contributed by atoms with E-state index in [1.807, 2.05) is 12.1 Å². The average molecular weight is 253 g/mol. The maximum absolute atomic E-state index is 5.82. The van der Waals surface area contributed by atoms with Crippen LogP contribution in [-0.4, -0.2) is 6.54 Å². The molecule has 0 saturated heterocycles. The number of benzene rings is 2. The monoisotopic (exact) mass is 253 g/mol. The zero-order valence-corrected chi connectivity index (χ0v) is 11.3. The summed E-state index contributed by atoms with van der Waals surface area (Å²) in [6, 6.07) is 14.9. The van der Waals surface area contributed by atoms with Gasteiger partial charge in [0.15, 0.2) is 0 Å². The molecule has 2 nitrogen and oxygen atoms in total. The summed E-state index contributed by atoms with van der Waals surface area (Å²) in [7, 11) is 0. The summed E-state index contributed by atoms with van der Waals surface area (Å²) in [4.78, 5) is 0. The lowest BCUT2D eigenvalue weighted by Crippen LogP contribution is -2.23. The summed E-state index contributed by atoms with van der Waals surface area (Å²) in [5, 5.41) is 3.39. The molecular formula is C17H19NO. The molecule has 1 N–H and O–H groups in total. The largest absolute Gasteiger partial charge is 0.489 e. The number of aryl methyl sites for hydroxylation is 1. The van der Waals surface area contributed by atoms with Crippen molar-refractivity contribution in [3.63, 3.8) is 0 Å². The summed E-state index contributed by atoms with van der Waals surface area (Å²) in [5.74, 6) is 0.935. The quantitative estimate of drug-likeness (QED) is 0.907. The zero-order valence-electron chi connectivity index (χ0n) is 11.3. The van der Waals surface area contributed by atoms with Gasteiger partial charge in [-0.2, -0.15) is 0 Å². The Kier molecular flexibility index (Phi) is 3.51. The minimum Gasteiger partial charge on any atom is -0.489 e. The summed E-state index contributed by atoms with van der Waals surface area (Å²) in [5.41, 5.74) is 5.39. The van der Waals surface area contributed by atoms with Crippen molar-refractivity contribution >= 4 is 0 Å². The molecular weight excluding hydrogens is 234 g/mol. The van der Waals surface area contributed by atoms with Gasteiger partial charge < -0.3 is 10.1 Å². The maximum Gasteiger partial charge on any atom is 0.119 e. The molecule has 0 bridgehead atoms.